The number of nitrogens with zero attached hydrogens (tertiary/aromatic N) is 1. The van der Waals surface area contributed by atoms with Gasteiger partial charge in [-0.3, -0.25) is 9.59 Å². The summed E-state index contributed by atoms with van der Waals surface area (Å²) in [7, 11) is 0. The van der Waals surface area contributed by atoms with Crippen LogP contribution in [0.3, 0.4) is 0 Å². The van der Waals surface area contributed by atoms with Crippen LogP contribution in [0, 0.1) is 5.92 Å². The van der Waals surface area contributed by atoms with Gasteiger partial charge in [-0.15, -0.1) is 0 Å². The summed E-state index contributed by atoms with van der Waals surface area (Å²) in [6.45, 7) is 5.63. The standard InChI is InChI=1S/C23H25N3O5/c1-4-30-18-12-8-6-10-16(18)22(28)26-20(14(2)3)23(29)31-13-19-24-17-11-7-5-9-15(17)21(27)25-19/h5-12,14,20H,4,13H2,1-3H3,(H,26,28)(H,24,25,27)/t20-/m0/s1. The first kappa shape index (κ1) is 22.0. The molecule has 3 aromatic rings. The van der Waals surface area contributed by atoms with Crippen LogP contribution in [0.1, 0.15) is 37.0 Å². The van der Waals surface area contributed by atoms with Crippen molar-refractivity contribution in [2.24, 2.45) is 5.92 Å². The highest BCUT2D eigenvalue weighted by molar-refractivity contribution is 5.99. The lowest BCUT2D eigenvalue weighted by Crippen LogP contribution is -2.45. The molecule has 0 saturated carbocycles. The molecule has 8 nitrogen and oxygen atoms in total. The molecule has 2 N–H and O–H groups in total. The van der Waals surface area contributed by atoms with Gasteiger partial charge in [-0.05, 0) is 37.1 Å². The van der Waals surface area contributed by atoms with Crippen molar-refractivity contribution in [2.45, 2.75) is 33.4 Å². The summed E-state index contributed by atoms with van der Waals surface area (Å²) in [6, 6.07) is 12.8. The summed E-state index contributed by atoms with van der Waals surface area (Å²) >= 11 is 0. The second-order valence-corrected chi connectivity index (χ2v) is 7.26. The highest BCUT2D eigenvalue weighted by atomic mass is 16.5. The molecule has 162 valence electrons. The number of nitrogens with one attached hydrogen (secondary N) is 2. The molecule has 1 aromatic heterocycles. The molecular weight excluding hydrogens is 398 g/mol. The van der Waals surface area contributed by atoms with E-state index in [1.165, 1.54) is 0 Å². The van der Waals surface area contributed by atoms with Gasteiger partial charge in [0.1, 0.15) is 24.2 Å². The van der Waals surface area contributed by atoms with Crippen LogP contribution < -0.4 is 15.6 Å². The van der Waals surface area contributed by atoms with Gasteiger partial charge in [-0.2, -0.15) is 0 Å². The van der Waals surface area contributed by atoms with Crippen LogP contribution in [0.2, 0.25) is 0 Å². The number of rotatable bonds is 8. The fourth-order valence-electron chi connectivity index (χ4n) is 3.08. The van der Waals surface area contributed by atoms with E-state index in [2.05, 4.69) is 15.3 Å². The lowest BCUT2D eigenvalue weighted by molar-refractivity contribution is -0.148. The molecule has 31 heavy (non-hydrogen) atoms. The quantitative estimate of drug-likeness (QED) is 0.539. The molecule has 1 amide bonds. The minimum atomic E-state index is -0.880. The number of carbonyl (C=O) groups excluding carboxylic acids is 2. The van der Waals surface area contributed by atoms with Crippen molar-refractivity contribution in [1.29, 1.82) is 0 Å². The van der Waals surface area contributed by atoms with Crippen LogP contribution in [0.4, 0.5) is 0 Å². The lowest BCUT2D eigenvalue weighted by atomic mass is 10.0. The monoisotopic (exact) mass is 423 g/mol. The summed E-state index contributed by atoms with van der Waals surface area (Å²) in [5.41, 5.74) is 0.541. The summed E-state index contributed by atoms with van der Waals surface area (Å²) in [6.07, 6.45) is 0. The van der Waals surface area contributed by atoms with E-state index >= 15 is 0 Å². The van der Waals surface area contributed by atoms with Gasteiger partial charge in [0.05, 0.1) is 23.1 Å². The molecule has 8 heteroatoms. The number of H-pyrrole nitrogens is 1. The topological polar surface area (TPSA) is 110 Å². The second kappa shape index (κ2) is 9.88. The lowest BCUT2D eigenvalue weighted by Gasteiger charge is -2.21. The van der Waals surface area contributed by atoms with E-state index < -0.39 is 17.9 Å². The maximum absolute atomic E-state index is 12.8. The van der Waals surface area contributed by atoms with Crippen molar-refractivity contribution in [1.82, 2.24) is 15.3 Å². The van der Waals surface area contributed by atoms with Crippen LogP contribution in [-0.4, -0.2) is 34.5 Å². The molecule has 0 fully saturated rings. The Kier molecular flexibility index (Phi) is 7.02. The summed E-state index contributed by atoms with van der Waals surface area (Å²) in [4.78, 5) is 44.6. The number of hydrogen-bond acceptors (Lipinski definition) is 6. The minimum Gasteiger partial charge on any atom is -0.493 e. The van der Waals surface area contributed by atoms with Crippen molar-refractivity contribution >= 4 is 22.8 Å². The fourth-order valence-corrected chi connectivity index (χ4v) is 3.08. The molecule has 0 unspecified atom stereocenters. The van der Waals surface area contributed by atoms with Gasteiger partial charge in [0, 0.05) is 0 Å². The van der Waals surface area contributed by atoms with E-state index in [1.54, 1.807) is 62.4 Å². The van der Waals surface area contributed by atoms with Crippen LogP contribution in [0.5, 0.6) is 5.75 Å². The average Bonchev–Trinajstić information content (AvgIpc) is 2.76. The number of ether oxygens (including phenoxy) is 2. The van der Waals surface area contributed by atoms with Crippen molar-refractivity contribution in [3.05, 3.63) is 70.3 Å². The molecular formula is C23H25N3O5. The Bertz CT molecular complexity index is 1140. The van der Waals surface area contributed by atoms with Crippen LogP contribution in [0.25, 0.3) is 10.9 Å². The molecule has 0 aliphatic heterocycles. The smallest absolute Gasteiger partial charge is 0.329 e. The fraction of sp³-hybridized carbons (Fsp3) is 0.304. The second-order valence-electron chi connectivity index (χ2n) is 7.26. The number of para-hydroxylation sites is 2. The van der Waals surface area contributed by atoms with Crippen LogP contribution in [-0.2, 0) is 16.1 Å². The number of aromatic amines is 1. The van der Waals surface area contributed by atoms with Gasteiger partial charge in [0.15, 0.2) is 0 Å². The SMILES string of the molecule is CCOc1ccccc1C(=O)N[C@H](C(=O)OCc1nc2ccccc2c(=O)[nH]1)C(C)C. The molecule has 2 aromatic carbocycles. The number of amides is 1. The third kappa shape index (κ3) is 5.28. The highest BCUT2D eigenvalue weighted by Crippen LogP contribution is 2.18. The zero-order chi connectivity index (χ0) is 22.4. The first-order valence-electron chi connectivity index (χ1n) is 10.1. The summed E-state index contributed by atoms with van der Waals surface area (Å²) in [5.74, 6) is -0.604. The molecule has 0 saturated heterocycles. The van der Waals surface area contributed by atoms with Crippen molar-refractivity contribution < 1.29 is 19.1 Å². The Morgan fingerprint density at radius 1 is 1.10 bits per heavy atom. The number of fused-ring (bicyclic) bond motifs is 1. The van der Waals surface area contributed by atoms with E-state index in [0.29, 0.717) is 28.8 Å². The van der Waals surface area contributed by atoms with Crippen LogP contribution >= 0.6 is 0 Å². The molecule has 1 heterocycles. The number of esters is 1. The molecule has 3 rings (SSSR count). The van der Waals surface area contributed by atoms with E-state index in [9.17, 15) is 14.4 Å². The average molecular weight is 423 g/mol. The predicted molar refractivity (Wildman–Crippen MR) is 116 cm³/mol. The largest absolute Gasteiger partial charge is 0.493 e. The number of carbonyl (C=O) groups is 2. The predicted octanol–water partition coefficient (Wildman–Crippen LogP) is 2.82. The van der Waals surface area contributed by atoms with Gasteiger partial charge in [0.2, 0.25) is 0 Å². The maximum atomic E-state index is 12.8. The van der Waals surface area contributed by atoms with Crippen molar-refractivity contribution in [3.8, 4) is 5.75 Å². The molecule has 0 aliphatic rings. The van der Waals surface area contributed by atoms with Gasteiger partial charge >= 0.3 is 5.97 Å². The van der Waals surface area contributed by atoms with Gasteiger partial charge in [0.25, 0.3) is 11.5 Å². The Hall–Kier alpha value is -3.68. The third-order valence-corrected chi connectivity index (χ3v) is 4.65. The third-order valence-electron chi connectivity index (χ3n) is 4.65. The van der Waals surface area contributed by atoms with Gasteiger partial charge < -0.3 is 19.8 Å². The summed E-state index contributed by atoms with van der Waals surface area (Å²) < 4.78 is 10.8. The van der Waals surface area contributed by atoms with E-state index in [4.69, 9.17) is 9.47 Å². The van der Waals surface area contributed by atoms with Gasteiger partial charge in [-0.25, -0.2) is 9.78 Å². The Balaban J connectivity index is 1.71. The normalized spacial score (nSPS) is 11.9. The zero-order valence-corrected chi connectivity index (χ0v) is 17.7. The number of hydrogen-bond donors (Lipinski definition) is 2. The zero-order valence-electron chi connectivity index (χ0n) is 17.7. The molecule has 0 radical (unpaired) electrons. The first-order chi connectivity index (χ1) is 14.9. The molecule has 0 spiro atoms. The Labute approximate surface area is 179 Å². The first-order valence-corrected chi connectivity index (χ1v) is 10.1. The minimum absolute atomic E-state index is 0.215. The van der Waals surface area contributed by atoms with Gasteiger partial charge in [-0.1, -0.05) is 38.1 Å². The maximum Gasteiger partial charge on any atom is 0.329 e. The van der Waals surface area contributed by atoms with Crippen molar-refractivity contribution in [3.63, 3.8) is 0 Å². The van der Waals surface area contributed by atoms with Crippen LogP contribution in [0.15, 0.2) is 53.3 Å². The highest BCUT2D eigenvalue weighted by Gasteiger charge is 2.27. The summed E-state index contributed by atoms with van der Waals surface area (Å²) in [5, 5.41) is 3.18. The molecule has 1 atom stereocenters. The van der Waals surface area contributed by atoms with E-state index in [-0.39, 0.29) is 23.9 Å². The number of aromatic nitrogens is 2. The Morgan fingerprint density at radius 3 is 2.55 bits per heavy atom. The Morgan fingerprint density at radius 2 is 1.81 bits per heavy atom. The van der Waals surface area contributed by atoms with E-state index in [0.717, 1.165) is 0 Å². The molecule has 0 bridgehead atoms. The van der Waals surface area contributed by atoms with Crippen molar-refractivity contribution in [2.75, 3.05) is 6.61 Å². The number of benzene rings is 2. The molecule has 0 aliphatic carbocycles. The van der Waals surface area contributed by atoms with E-state index in [1.807, 2.05) is 6.92 Å².